The first-order valence-electron chi connectivity index (χ1n) is 10.7. The molecule has 0 spiro atoms. The normalized spacial score (nSPS) is 17.5. The number of thioether (sulfide) groups is 1. The van der Waals surface area contributed by atoms with Crippen molar-refractivity contribution in [1.82, 2.24) is 5.01 Å². The number of carbonyl (C=O) groups is 1. The van der Waals surface area contributed by atoms with E-state index in [1.54, 1.807) is 18.0 Å². The molecule has 1 atom stereocenters. The Morgan fingerprint density at radius 1 is 1.15 bits per heavy atom. The van der Waals surface area contributed by atoms with Crippen molar-refractivity contribution in [2.75, 3.05) is 19.1 Å². The highest BCUT2D eigenvalue weighted by Gasteiger charge is 2.38. The Labute approximate surface area is 203 Å². The summed E-state index contributed by atoms with van der Waals surface area (Å²) < 4.78 is 9.93. The fourth-order valence-corrected chi connectivity index (χ4v) is 4.91. The number of nitrogens with zero attached hydrogens (tertiary/aromatic N) is 4. The molecule has 34 heavy (non-hydrogen) atoms. The van der Waals surface area contributed by atoms with E-state index in [-0.39, 0.29) is 12.1 Å². The van der Waals surface area contributed by atoms with Crippen LogP contribution in [0.25, 0.3) is 5.57 Å². The standard InChI is InChI=1S/C25H26N4O4S/c1-18-23(29-25(34-18)28(17-26-29)20-10-5-4-6-11-20)13-14-27-33-15-19-9-7-8-12-21(19)22(16-31-2)24(30)32-3/h4-12,14,16-17,25H,13,15H2,1-3H3/b22-16+,27-14?. The average Bonchev–Trinajstić information content (AvgIpc) is 3.41. The predicted molar refractivity (Wildman–Crippen MR) is 135 cm³/mol. The largest absolute Gasteiger partial charge is 0.503 e. The predicted octanol–water partition coefficient (Wildman–Crippen LogP) is 4.77. The van der Waals surface area contributed by atoms with Crippen LogP contribution >= 0.6 is 11.8 Å². The van der Waals surface area contributed by atoms with Gasteiger partial charge in [0.15, 0.2) is 5.50 Å². The second-order valence-corrected chi connectivity index (χ2v) is 8.72. The lowest BCUT2D eigenvalue weighted by Gasteiger charge is -2.24. The molecule has 2 aromatic rings. The number of fused-ring (bicyclic) bond motifs is 1. The molecule has 176 valence electrons. The second-order valence-electron chi connectivity index (χ2n) is 7.45. The molecule has 8 nitrogen and oxygen atoms in total. The Bertz CT molecular complexity index is 1150. The average molecular weight is 479 g/mol. The number of ether oxygens (including phenoxy) is 2. The van der Waals surface area contributed by atoms with Crippen molar-refractivity contribution in [3.8, 4) is 0 Å². The number of esters is 1. The molecule has 4 rings (SSSR count). The van der Waals surface area contributed by atoms with Crippen molar-refractivity contribution in [2.24, 2.45) is 10.3 Å². The Kier molecular flexibility index (Phi) is 7.54. The van der Waals surface area contributed by atoms with Gasteiger partial charge in [0.25, 0.3) is 0 Å². The van der Waals surface area contributed by atoms with Crippen LogP contribution in [0.3, 0.4) is 0 Å². The van der Waals surface area contributed by atoms with E-state index >= 15 is 0 Å². The zero-order chi connectivity index (χ0) is 23.9. The summed E-state index contributed by atoms with van der Waals surface area (Å²) in [5, 5.41) is 10.8. The minimum absolute atomic E-state index is 0.0721. The van der Waals surface area contributed by atoms with E-state index in [1.807, 2.05) is 53.8 Å². The number of allylic oxidation sites excluding steroid dienone is 2. The monoisotopic (exact) mass is 478 g/mol. The molecule has 2 aromatic carbocycles. The molecule has 2 aliphatic heterocycles. The topological polar surface area (TPSA) is 76.0 Å². The minimum Gasteiger partial charge on any atom is -0.503 e. The van der Waals surface area contributed by atoms with Crippen LogP contribution in [-0.2, 0) is 25.7 Å². The Morgan fingerprint density at radius 2 is 1.91 bits per heavy atom. The molecule has 0 bridgehead atoms. The van der Waals surface area contributed by atoms with Gasteiger partial charge in [-0.15, -0.1) is 0 Å². The minimum atomic E-state index is -0.482. The van der Waals surface area contributed by atoms with Crippen molar-refractivity contribution < 1.29 is 19.1 Å². The van der Waals surface area contributed by atoms with Crippen LogP contribution in [0.2, 0.25) is 0 Å². The number of hydrazone groups is 1. The van der Waals surface area contributed by atoms with E-state index in [0.717, 1.165) is 16.9 Å². The van der Waals surface area contributed by atoms with Gasteiger partial charge in [-0.2, -0.15) is 5.10 Å². The highest BCUT2D eigenvalue weighted by atomic mass is 32.2. The van der Waals surface area contributed by atoms with E-state index in [1.165, 1.54) is 25.4 Å². The maximum absolute atomic E-state index is 12.1. The quantitative estimate of drug-likeness (QED) is 0.169. The number of benzene rings is 2. The zero-order valence-corrected chi connectivity index (χ0v) is 20.1. The summed E-state index contributed by atoms with van der Waals surface area (Å²) in [6.45, 7) is 2.29. The SMILES string of the molecule is CO/C=C(/C(=O)OC)c1ccccc1CON=CCC1=C(C)SC2N1N=CN2c1ccccc1. The molecule has 0 amide bonds. The highest BCUT2D eigenvalue weighted by molar-refractivity contribution is 8.04. The Morgan fingerprint density at radius 3 is 2.68 bits per heavy atom. The number of para-hydroxylation sites is 1. The number of oxime groups is 1. The molecule has 2 heterocycles. The highest BCUT2D eigenvalue weighted by Crippen LogP contribution is 2.43. The number of carbonyl (C=O) groups excluding carboxylic acids is 1. The maximum Gasteiger partial charge on any atom is 0.341 e. The van der Waals surface area contributed by atoms with Crippen LogP contribution in [0.4, 0.5) is 5.69 Å². The molecule has 2 aliphatic rings. The molecule has 0 aromatic heterocycles. The molecular weight excluding hydrogens is 452 g/mol. The maximum atomic E-state index is 12.1. The summed E-state index contributed by atoms with van der Waals surface area (Å²) >= 11 is 1.76. The van der Waals surface area contributed by atoms with Crippen LogP contribution in [0.15, 0.2) is 81.7 Å². The summed E-state index contributed by atoms with van der Waals surface area (Å²) in [5.41, 5.74) is 4.05. The van der Waals surface area contributed by atoms with Gasteiger partial charge in [0.05, 0.1) is 26.2 Å². The molecule has 0 aliphatic carbocycles. The summed E-state index contributed by atoms with van der Waals surface area (Å²) in [6.07, 6.45) is 5.55. The van der Waals surface area contributed by atoms with E-state index in [2.05, 4.69) is 34.2 Å². The molecule has 0 fully saturated rings. The fraction of sp³-hybridized carbons (Fsp3) is 0.240. The fourth-order valence-electron chi connectivity index (χ4n) is 3.71. The van der Waals surface area contributed by atoms with Crippen molar-refractivity contribution in [1.29, 1.82) is 0 Å². The van der Waals surface area contributed by atoms with Gasteiger partial charge in [0.2, 0.25) is 0 Å². The number of rotatable bonds is 9. The number of methoxy groups -OCH3 is 2. The van der Waals surface area contributed by atoms with Gasteiger partial charge in [-0.1, -0.05) is 59.4 Å². The molecule has 9 heteroatoms. The molecular formula is C25H26N4O4S. The van der Waals surface area contributed by atoms with Gasteiger partial charge < -0.3 is 14.3 Å². The lowest BCUT2D eigenvalue weighted by molar-refractivity contribution is -0.133. The van der Waals surface area contributed by atoms with Crippen molar-refractivity contribution in [3.05, 3.63) is 82.6 Å². The van der Waals surface area contributed by atoms with Gasteiger partial charge in [-0.3, -0.25) is 4.90 Å². The first-order chi connectivity index (χ1) is 16.6. The summed E-state index contributed by atoms with van der Waals surface area (Å²) in [7, 11) is 2.82. The van der Waals surface area contributed by atoms with Crippen LogP contribution in [0, 0.1) is 0 Å². The summed E-state index contributed by atoms with van der Waals surface area (Å²) in [4.78, 5) is 21.0. The second kappa shape index (κ2) is 10.9. The van der Waals surface area contributed by atoms with Gasteiger partial charge in [0.1, 0.15) is 18.5 Å². The van der Waals surface area contributed by atoms with Gasteiger partial charge in [0, 0.05) is 28.8 Å². The third-order valence-corrected chi connectivity index (χ3v) is 6.60. The van der Waals surface area contributed by atoms with Crippen molar-refractivity contribution >= 4 is 41.5 Å². The molecule has 0 saturated heterocycles. The molecule has 1 unspecified atom stereocenters. The lowest BCUT2D eigenvalue weighted by Crippen LogP contribution is -2.33. The van der Waals surface area contributed by atoms with Crippen molar-refractivity contribution in [2.45, 2.75) is 25.4 Å². The van der Waals surface area contributed by atoms with E-state index < -0.39 is 5.97 Å². The summed E-state index contributed by atoms with van der Waals surface area (Å²) in [6, 6.07) is 17.6. The van der Waals surface area contributed by atoms with Gasteiger partial charge in [-0.05, 0) is 24.6 Å². The first-order valence-corrected chi connectivity index (χ1v) is 11.6. The van der Waals surface area contributed by atoms with Crippen LogP contribution in [0.5, 0.6) is 0 Å². The molecule has 0 saturated carbocycles. The summed E-state index contributed by atoms with van der Waals surface area (Å²) in [5.74, 6) is -0.482. The zero-order valence-electron chi connectivity index (χ0n) is 19.2. The van der Waals surface area contributed by atoms with Crippen LogP contribution in [-0.4, -0.2) is 43.2 Å². The third-order valence-electron chi connectivity index (χ3n) is 5.37. The van der Waals surface area contributed by atoms with E-state index in [4.69, 9.17) is 14.3 Å². The Hall–Kier alpha value is -3.72. The number of anilines is 1. The molecule has 0 N–H and O–H groups in total. The van der Waals surface area contributed by atoms with Crippen molar-refractivity contribution in [3.63, 3.8) is 0 Å². The molecule has 0 radical (unpaired) electrons. The van der Waals surface area contributed by atoms with Crippen LogP contribution < -0.4 is 4.90 Å². The lowest BCUT2D eigenvalue weighted by atomic mass is 10.0. The third kappa shape index (κ3) is 4.94. The van der Waals surface area contributed by atoms with Crippen LogP contribution in [0.1, 0.15) is 24.5 Å². The van der Waals surface area contributed by atoms with Gasteiger partial charge >= 0.3 is 5.97 Å². The first kappa shape index (κ1) is 23.4. The van der Waals surface area contributed by atoms with Gasteiger partial charge in [-0.25, -0.2) is 9.80 Å². The smallest absolute Gasteiger partial charge is 0.341 e. The number of hydrogen-bond donors (Lipinski definition) is 0. The number of hydrogen-bond acceptors (Lipinski definition) is 9. The van der Waals surface area contributed by atoms with E-state index in [9.17, 15) is 4.79 Å². The van der Waals surface area contributed by atoms with E-state index in [0.29, 0.717) is 17.6 Å². The Balaban J connectivity index is 1.36.